The van der Waals surface area contributed by atoms with Gasteiger partial charge in [0, 0.05) is 22.5 Å². The number of hydrogen-bond donors (Lipinski definition) is 2. The summed E-state index contributed by atoms with van der Waals surface area (Å²) in [5, 5.41) is 3.45. The second-order valence-corrected chi connectivity index (χ2v) is 6.18. The summed E-state index contributed by atoms with van der Waals surface area (Å²) in [6, 6.07) is 11.7. The van der Waals surface area contributed by atoms with Crippen LogP contribution < -0.4 is 14.8 Å². The molecule has 28 heavy (non-hydrogen) atoms. The first-order chi connectivity index (χ1) is 13.5. The number of H-pyrrole nitrogens is 1. The largest absolute Gasteiger partial charge is 0.497 e. The van der Waals surface area contributed by atoms with Crippen molar-refractivity contribution >= 4 is 34.3 Å². The number of anilines is 1. The zero-order chi connectivity index (χ0) is 19.7. The number of aromatic amines is 1. The Labute approximate surface area is 159 Å². The Morgan fingerprint density at radius 2 is 2.00 bits per heavy atom. The van der Waals surface area contributed by atoms with Gasteiger partial charge in [-0.25, -0.2) is 4.79 Å². The smallest absolute Gasteiger partial charge is 0.355 e. The molecule has 8 heteroatoms. The highest BCUT2D eigenvalue weighted by molar-refractivity contribution is 6.02. The third-order valence-corrected chi connectivity index (χ3v) is 4.32. The molecule has 0 unspecified atom stereocenters. The molecule has 0 spiro atoms. The molecule has 1 aliphatic heterocycles. The molecule has 2 aromatic carbocycles. The first-order valence-corrected chi connectivity index (χ1v) is 8.47. The van der Waals surface area contributed by atoms with Gasteiger partial charge in [-0.3, -0.25) is 9.59 Å². The van der Waals surface area contributed by atoms with Gasteiger partial charge in [-0.2, -0.15) is 0 Å². The van der Waals surface area contributed by atoms with Gasteiger partial charge in [0.1, 0.15) is 17.2 Å². The predicted octanol–water partition coefficient (Wildman–Crippen LogP) is 2.55. The highest BCUT2D eigenvalue weighted by atomic mass is 16.5. The monoisotopic (exact) mass is 380 g/mol. The first kappa shape index (κ1) is 17.6. The van der Waals surface area contributed by atoms with Crippen LogP contribution in [0.5, 0.6) is 11.5 Å². The molecule has 0 aliphatic carbocycles. The molecule has 142 valence electrons. The van der Waals surface area contributed by atoms with Crippen LogP contribution in [0.2, 0.25) is 0 Å². The van der Waals surface area contributed by atoms with Crippen molar-refractivity contribution in [2.24, 2.45) is 0 Å². The van der Waals surface area contributed by atoms with E-state index in [-0.39, 0.29) is 18.2 Å². The molecule has 3 aromatic rings. The van der Waals surface area contributed by atoms with Crippen molar-refractivity contribution in [1.82, 2.24) is 4.98 Å². The molecular weight excluding hydrogens is 364 g/mol. The van der Waals surface area contributed by atoms with Gasteiger partial charge in [0.25, 0.3) is 5.91 Å². The Morgan fingerprint density at radius 3 is 2.82 bits per heavy atom. The van der Waals surface area contributed by atoms with Gasteiger partial charge < -0.3 is 24.5 Å². The van der Waals surface area contributed by atoms with Crippen LogP contribution >= 0.6 is 0 Å². The van der Waals surface area contributed by atoms with Crippen LogP contribution in [0.25, 0.3) is 10.9 Å². The second-order valence-electron chi connectivity index (χ2n) is 6.18. The lowest BCUT2D eigenvalue weighted by molar-refractivity contribution is -0.118. The average molecular weight is 380 g/mol. The molecule has 2 N–H and O–H groups in total. The van der Waals surface area contributed by atoms with Crippen molar-refractivity contribution in [3.63, 3.8) is 0 Å². The third kappa shape index (κ3) is 3.39. The Bertz CT molecular complexity index is 1100. The van der Waals surface area contributed by atoms with Crippen LogP contribution in [0, 0.1) is 0 Å². The molecule has 2 heterocycles. The van der Waals surface area contributed by atoms with Gasteiger partial charge >= 0.3 is 5.97 Å². The number of carbonyl (C=O) groups is 3. The highest BCUT2D eigenvalue weighted by Crippen LogP contribution is 2.28. The average Bonchev–Trinajstić information content (AvgIpc) is 3.14. The number of carbonyl (C=O) groups excluding carboxylic acids is 3. The topological polar surface area (TPSA) is 107 Å². The number of amides is 1. The SMILES string of the molecule is COc1ccc2cc(C(=O)OCC(=O)c3ccc4c(c3)NC(=O)CO4)[nH]c2c1. The number of aromatic nitrogens is 1. The molecule has 0 bridgehead atoms. The van der Waals surface area contributed by atoms with Crippen LogP contribution in [0.4, 0.5) is 5.69 Å². The third-order valence-electron chi connectivity index (χ3n) is 4.32. The minimum absolute atomic E-state index is 0.0612. The molecule has 8 nitrogen and oxygen atoms in total. The summed E-state index contributed by atoms with van der Waals surface area (Å²) in [7, 11) is 1.56. The minimum atomic E-state index is -0.641. The number of Topliss-reactive ketones (excluding diaryl/α,β-unsaturated/α-hetero) is 1. The van der Waals surface area contributed by atoms with E-state index < -0.39 is 18.4 Å². The summed E-state index contributed by atoms with van der Waals surface area (Å²) < 4.78 is 15.5. The molecule has 0 atom stereocenters. The summed E-state index contributed by atoms with van der Waals surface area (Å²) in [6.07, 6.45) is 0. The summed E-state index contributed by atoms with van der Waals surface area (Å²) in [5.74, 6) is -0.180. The normalized spacial score (nSPS) is 12.7. The van der Waals surface area contributed by atoms with Crippen molar-refractivity contribution in [2.75, 3.05) is 25.6 Å². The lowest BCUT2D eigenvalue weighted by Crippen LogP contribution is -2.25. The van der Waals surface area contributed by atoms with Crippen LogP contribution in [0.1, 0.15) is 20.8 Å². The van der Waals surface area contributed by atoms with Gasteiger partial charge in [0.15, 0.2) is 19.0 Å². The standard InChI is InChI=1S/C20H16N2O6/c1-26-13-4-2-11-6-16(21-14(11)8-13)20(25)28-9-17(23)12-3-5-18-15(7-12)22-19(24)10-27-18/h2-8,21H,9-10H2,1H3,(H,22,24). The number of methoxy groups -OCH3 is 1. The Hall–Kier alpha value is -3.81. The van der Waals surface area contributed by atoms with Crippen LogP contribution in [-0.4, -0.2) is 43.0 Å². The molecule has 0 saturated heterocycles. The van der Waals surface area contributed by atoms with Crippen LogP contribution in [0.15, 0.2) is 42.5 Å². The van der Waals surface area contributed by atoms with Crippen LogP contribution in [0.3, 0.4) is 0 Å². The van der Waals surface area contributed by atoms with Gasteiger partial charge in [-0.05, 0) is 36.4 Å². The fourth-order valence-electron chi connectivity index (χ4n) is 2.89. The van der Waals surface area contributed by atoms with E-state index in [4.69, 9.17) is 14.2 Å². The molecule has 0 radical (unpaired) electrons. The summed E-state index contributed by atoms with van der Waals surface area (Å²) in [4.78, 5) is 39.0. The zero-order valence-corrected chi connectivity index (χ0v) is 14.9. The van der Waals surface area contributed by atoms with E-state index in [1.807, 2.05) is 6.07 Å². The van der Waals surface area contributed by atoms with Gasteiger partial charge in [0.05, 0.1) is 12.8 Å². The van der Waals surface area contributed by atoms with E-state index in [2.05, 4.69) is 10.3 Å². The van der Waals surface area contributed by atoms with Crippen molar-refractivity contribution < 1.29 is 28.6 Å². The Kier molecular flexibility index (Phi) is 4.44. The number of nitrogens with one attached hydrogen (secondary N) is 2. The molecule has 1 aliphatic rings. The van der Waals surface area contributed by atoms with Crippen molar-refractivity contribution in [1.29, 1.82) is 0 Å². The van der Waals surface area contributed by atoms with E-state index in [9.17, 15) is 14.4 Å². The van der Waals surface area contributed by atoms with E-state index in [1.165, 1.54) is 6.07 Å². The molecule has 0 saturated carbocycles. The van der Waals surface area contributed by atoms with Crippen molar-refractivity contribution in [2.45, 2.75) is 0 Å². The van der Waals surface area contributed by atoms with Crippen LogP contribution in [-0.2, 0) is 9.53 Å². The number of rotatable bonds is 5. The second kappa shape index (κ2) is 7.07. The lowest BCUT2D eigenvalue weighted by atomic mass is 10.1. The molecule has 1 amide bonds. The number of hydrogen-bond acceptors (Lipinski definition) is 6. The molecular formula is C20H16N2O6. The summed E-state index contributed by atoms with van der Waals surface area (Å²) in [5.41, 5.74) is 1.68. The number of ketones is 1. The molecule has 4 rings (SSSR count). The van der Waals surface area contributed by atoms with Crippen molar-refractivity contribution in [3.8, 4) is 11.5 Å². The predicted molar refractivity (Wildman–Crippen MR) is 100 cm³/mol. The summed E-state index contributed by atoms with van der Waals surface area (Å²) >= 11 is 0. The fourth-order valence-corrected chi connectivity index (χ4v) is 2.89. The highest BCUT2D eigenvalue weighted by Gasteiger charge is 2.19. The van der Waals surface area contributed by atoms with E-state index in [1.54, 1.807) is 37.4 Å². The number of ether oxygens (including phenoxy) is 3. The van der Waals surface area contributed by atoms with E-state index in [0.29, 0.717) is 22.7 Å². The first-order valence-electron chi connectivity index (χ1n) is 8.47. The minimum Gasteiger partial charge on any atom is -0.497 e. The maximum atomic E-state index is 12.3. The van der Waals surface area contributed by atoms with Crippen molar-refractivity contribution in [3.05, 3.63) is 53.7 Å². The molecule has 1 aromatic heterocycles. The lowest BCUT2D eigenvalue weighted by Gasteiger charge is -2.18. The Morgan fingerprint density at radius 1 is 1.14 bits per heavy atom. The summed E-state index contributed by atoms with van der Waals surface area (Å²) in [6.45, 7) is -0.487. The Balaban J connectivity index is 1.44. The van der Waals surface area contributed by atoms with Gasteiger partial charge in [-0.15, -0.1) is 0 Å². The van der Waals surface area contributed by atoms with Gasteiger partial charge in [0.2, 0.25) is 0 Å². The van der Waals surface area contributed by atoms with Gasteiger partial charge in [-0.1, -0.05) is 0 Å². The number of benzene rings is 2. The van der Waals surface area contributed by atoms with E-state index >= 15 is 0 Å². The quantitative estimate of drug-likeness (QED) is 0.520. The maximum absolute atomic E-state index is 12.3. The zero-order valence-electron chi connectivity index (χ0n) is 14.9. The fraction of sp³-hybridized carbons (Fsp3) is 0.150. The number of esters is 1. The number of fused-ring (bicyclic) bond motifs is 2. The molecule has 0 fully saturated rings. The maximum Gasteiger partial charge on any atom is 0.355 e. The van der Waals surface area contributed by atoms with E-state index in [0.717, 1.165) is 10.9 Å².